The molecule has 0 saturated carbocycles. The van der Waals surface area contributed by atoms with Crippen LogP contribution in [-0.2, 0) is 4.79 Å². The van der Waals surface area contributed by atoms with Crippen LogP contribution in [0.1, 0.15) is 19.5 Å². The van der Waals surface area contributed by atoms with Crippen LogP contribution in [0, 0.1) is 17.2 Å². The SMILES string of the molecule is CC(C)C(Nc1nccc(C#N)n1)C(N)=O. The van der Waals surface area contributed by atoms with Gasteiger partial charge in [-0.15, -0.1) is 0 Å². The Labute approximate surface area is 93.5 Å². The van der Waals surface area contributed by atoms with Gasteiger partial charge in [-0.25, -0.2) is 9.97 Å². The van der Waals surface area contributed by atoms with Gasteiger partial charge in [0, 0.05) is 6.20 Å². The van der Waals surface area contributed by atoms with E-state index in [-0.39, 0.29) is 17.6 Å². The summed E-state index contributed by atoms with van der Waals surface area (Å²) in [5.74, 6) is -0.218. The van der Waals surface area contributed by atoms with Crippen molar-refractivity contribution in [2.45, 2.75) is 19.9 Å². The van der Waals surface area contributed by atoms with Crippen molar-refractivity contribution in [3.63, 3.8) is 0 Å². The first-order chi connectivity index (χ1) is 7.54. The van der Waals surface area contributed by atoms with Crippen molar-refractivity contribution in [2.24, 2.45) is 11.7 Å². The van der Waals surface area contributed by atoms with Crippen LogP contribution in [0.3, 0.4) is 0 Å². The lowest BCUT2D eigenvalue weighted by Gasteiger charge is -2.18. The molecule has 1 aromatic rings. The Bertz CT molecular complexity index is 423. The Hall–Kier alpha value is -2.16. The molecule has 1 heterocycles. The predicted octanol–water partition coefficient (Wildman–Crippen LogP) is 0.270. The van der Waals surface area contributed by atoms with Crippen LogP contribution < -0.4 is 11.1 Å². The molecule has 1 unspecified atom stereocenters. The lowest BCUT2D eigenvalue weighted by atomic mass is 10.0. The van der Waals surface area contributed by atoms with E-state index in [0.29, 0.717) is 0 Å². The summed E-state index contributed by atoms with van der Waals surface area (Å²) in [4.78, 5) is 19.0. The minimum Gasteiger partial charge on any atom is -0.368 e. The number of hydrogen-bond acceptors (Lipinski definition) is 5. The lowest BCUT2D eigenvalue weighted by Crippen LogP contribution is -2.40. The molecule has 16 heavy (non-hydrogen) atoms. The maximum atomic E-state index is 11.1. The van der Waals surface area contributed by atoms with E-state index in [1.54, 1.807) is 0 Å². The van der Waals surface area contributed by atoms with Crippen molar-refractivity contribution in [1.29, 1.82) is 5.26 Å². The average molecular weight is 219 g/mol. The summed E-state index contributed by atoms with van der Waals surface area (Å²) in [6, 6.07) is 2.83. The monoisotopic (exact) mass is 219 g/mol. The number of aromatic nitrogens is 2. The Morgan fingerprint density at radius 1 is 1.62 bits per heavy atom. The Morgan fingerprint density at radius 2 is 2.31 bits per heavy atom. The third-order valence-electron chi connectivity index (χ3n) is 2.03. The van der Waals surface area contributed by atoms with E-state index in [9.17, 15) is 4.79 Å². The van der Waals surface area contributed by atoms with Crippen molar-refractivity contribution in [3.8, 4) is 6.07 Å². The topological polar surface area (TPSA) is 105 Å². The second-order valence-electron chi connectivity index (χ2n) is 3.65. The molecule has 0 aliphatic carbocycles. The Kier molecular flexibility index (Phi) is 3.78. The molecule has 0 aromatic carbocycles. The Balaban J connectivity index is 2.86. The van der Waals surface area contributed by atoms with Crippen LogP contribution in [0.4, 0.5) is 5.95 Å². The van der Waals surface area contributed by atoms with Gasteiger partial charge in [0.2, 0.25) is 11.9 Å². The van der Waals surface area contributed by atoms with Gasteiger partial charge in [-0.3, -0.25) is 4.79 Å². The molecule has 1 rings (SSSR count). The summed E-state index contributed by atoms with van der Waals surface area (Å²) in [6.07, 6.45) is 1.45. The molecule has 6 heteroatoms. The summed E-state index contributed by atoms with van der Waals surface area (Å²) < 4.78 is 0. The third kappa shape index (κ3) is 2.92. The van der Waals surface area contributed by atoms with Crippen molar-refractivity contribution in [3.05, 3.63) is 18.0 Å². The van der Waals surface area contributed by atoms with E-state index >= 15 is 0 Å². The van der Waals surface area contributed by atoms with Gasteiger partial charge in [-0.05, 0) is 12.0 Å². The zero-order valence-electron chi connectivity index (χ0n) is 9.14. The molecule has 1 atom stereocenters. The van der Waals surface area contributed by atoms with Crippen LogP contribution in [0.5, 0.6) is 0 Å². The normalized spacial score (nSPS) is 11.9. The quantitative estimate of drug-likeness (QED) is 0.756. The molecule has 1 aromatic heterocycles. The van der Waals surface area contributed by atoms with Crippen LogP contribution >= 0.6 is 0 Å². The minimum absolute atomic E-state index is 0.0202. The largest absolute Gasteiger partial charge is 0.368 e. The smallest absolute Gasteiger partial charge is 0.240 e. The van der Waals surface area contributed by atoms with Gasteiger partial charge in [-0.2, -0.15) is 5.26 Å². The molecule has 0 aliphatic rings. The van der Waals surface area contributed by atoms with Crippen LogP contribution in [0.2, 0.25) is 0 Å². The standard InChI is InChI=1S/C10H13N5O/c1-6(2)8(9(12)16)15-10-13-4-3-7(5-11)14-10/h3-4,6,8H,1-2H3,(H2,12,16)(H,13,14,15). The second kappa shape index (κ2) is 5.07. The van der Waals surface area contributed by atoms with E-state index in [4.69, 9.17) is 11.0 Å². The van der Waals surface area contributed by atoms with Gasteiger partial charge in [-0.1, -0.05) is 13.8 Å². The molecular formula is C10H13N5O. The molecule has 3 N–H and O–H groups in total. The summed E-state index contributed by atoms with van der Waals surface area (Å²) in [6.45, 7) is 3.72. The van der Waals surface area contributed by atoms with Gasteiger partial charge < -0.3 is 11.1 Å². The zero-order valence-corrected chi connectivity index (χ0v) is 9.14. The molecule has 0 radical (unpaired) electrons. The number of carbonyl (C=O) groups excluding carboxylic acids is 1. The molecule has 84 valence electrons. The fourth-order valence-electron chi connectivity index (χ4n) is 1.20. The average Bonchev–Trinajstić information content (AvgIpc) is 2.25. The number of nitrogens with one attached hydrogen (secondary N) is 1. The highest BCUT2D eigenvalue weighted by atomic mass is 16.1. The van der Waals surface area contributed by atoms with Crippen molar-refractivity contribution in [2.75, 3.05) is 5.32 Å². The lowest BCUT2D eigenvalue weighted by molar-refractivity contribution is -0.119. The van der Waals surface area contributed by atoms with Crippen molar-refractivity contribution >= 4 is 11.9 Å². The number of nitrogens with zero attached hydrogens (tertiary/aromatic N) is 3. The highest BCUT2D eigenvalue weighted by molar-refractivity contribution is 5.82. The molecular weight excluding hydrogens is 206 g/mol. The first-order valence-electron chi connectivity index (χ1n) is 4.83. The summed E-state index contributed by atoms with van der Waals surface area (Å²) in [7, 11) is 0. The maximum Gasteiger partial charge on any atom is 0.240 e. The predicted molar refractivity (Wildman–Crippen MR) is 58.2 cm³/mol. The van der Waals surface area contributed by atoms with Gasteiger partial charge in [0.25, 0.3) is 0 Å². The molecule has 1 amide bonds. The molecule has 0 spiro atoms. The molecule has 0 saturated heterocycles. The molecule has 0 bridgehead atoms. The first kappa shape index (κ1) is 11.9. The third-order valence-corrected chi connectivity index (χ3v) is 2.03. The summed E-state index contributed by atoms with van der Waals surface area (Å²) in [5.41, 5.74) is 5.47. The molecule has 0 fully saturated rings. The second-order valence-corrected chi connectivity index (χ2v) is 3.65. The summed E-state index contributed by atoms with van der Waals surface area (Å²) >= 11 is 0. The van der Waals surface area contributed by atoms with Crippen LogP contribution in [0.15, 0.2) is 12.3 Å². The van der Waals surface area contributed by atoms with Gasteiger partial charge in [0.1, 0.15) is 17.8 Å². The first-order valence-corrected chi connectivity index (χ1v) is 4.83. The number of amides is 1. The number of rotatable bonds is 4. The number of nitriles is 1. The highest BCUT2D eigenvalue weighted by Crippen LogP contribution is 2.08. The molecule has 0 aliphatic heterocycles. The highest BCUT2D eigenvalue weighted by Gasteiger charge is 2.20. The van der Waals surface area contributed by atoms with Gasteiger partial charge >= 0.3 is 0 Å². The van der Waals surface area contributed by atoms with Gasteiger partial charge in [0.15, 0.2) is 0 Å². The Morgan fingerprint density at radius 3 is 2.81 bits per heavy atom. The number of anilines is 1. The van der Waals surface area contributed by atoms with E-state index in [1.165, 1.54) is 12.3 Å². The fourth-order valence-corrected chi connectivity index (χ4v) is 1.20. The number of carbonyl (C=O) groups is 1. The van der Waals surface area contributed by atoms with E-state index in [1.807, 2.05) is 19.9 Å². The fraction of sp³-hybridized carbons (Fsp3) is 0.400. The van der Waals surface area contributed by atoms with Crippen LogP contribution in [0.25, 0.3) is 0 Å². The van der Waals surface area contributed by atoms with E-state index in [0.717, 1.165) is 0 Å². The van der Waals surface area contributed by atoms with Crippen molar-refractivity contribution < 1.29 is 4.79 Å². The van der Waals surface area contributed by atoms with Crippen molar-refractivity contribution in [1.82, 2.24) is 9.97 Å². The number of hydrogen-bond donors (Lipinski definition) is 2. The maximum absolute atomic E-state index is 11.1. The minimum atomic E-state index is -0.547. The molecule has 6 nitrogen and oxygen atoms in total. The van der Waals surface area contributed by atoms with E-state index < -0.39 is 11.9 Å². The number of primary amides is 1. The van der Waals surface area contributed by atoms with Crippen LogP contribution in [-0.4, -0.2) is 21.9 Å². The number of nitrogens with two attached hydrogens (primary N) is 1. The zero-order chi connectivity index (χ0) is 12.1. The van der Waals surface area contributed by atoms with E-state index in [2.05, 4.69) is 15.3 Å². The summed E-state index contributed by atoms with van der Waals surface area (Å²) in [5, 5.41) is 11.5. The van der Waals surface area contributed by atoms with Gasteiger partial charge in [0.05, 0.1) is 0 Å².